The summed E-state index contributed by atoms with van der Waals surface area (Å²) in [6.07, 6.45) is 1.23. The van der Waals surface area contributed by atoms with Crippen LogP contribution in [0, 0.1) is 11.3 Å². The summed E-state index contributed by atoms with van der Waals surface area (Å²) in [5, 5.41) is 17.4. The molecule has 80 valence electrons. The summed E-state index contributed by atoms with van der Waals surface area (Å²) in [7, 11) is 0. The van der Waals surface area contributed by atoms with Crippen molar-refractivity contribution in [2.45, 2.75) is 19.4 Å². The van der Waals surface area contributed by atoms with Crippen LogP contribution in [0.1, 0.15) is 18.4 Å². The highest BCUT2D eigenvalue weighted by Crippen LogP contribution is 2.22. The molecule has 0 aromatic heterocycles. The summed E-state index contributed by atoms with van der Waals surface area (Å²) >= 11 is 3.33. The van der Waals surface area contributed by atoms with Crippen LogP contribution in [0.4, 0.5) is 0 Å². The van der Waals surface area contributed by atoms with Gasteiger partial charge in [0.05, 0.1) is 19.3 Å². The van der Waals surface area contributed by atoms with E-state index in [4.69, 9.17) is 15.1 Å². The minimum absolute atomic E-state index is 0.0179. The zero-order valence-corrected chi connectivity index (χ0v) is 9.83. The van der Waals surface area contributed by atoms with Crippen molar-refractivity contribution in [1.29, 1.82) is 5.26 Å². The van der Waals surface area contributed by atoms with Gasteiger partial charge in [0, 0.05) is 10.9 Å². The van der Waals surface area contributed by atoms with Gasteiger partial charge >= 0.3 is 0 Å². The van der Waals surface area contributed by atoms with Gasteiger partial charge in [-0.2, -0.15) is 5.26 Å². The van der Waals surface area contributed by atoms with Gasteiger partial charge in [-0.25, -0.2) is 0 Å². The molecule has 0 radical (unpaired) electrons. The van der Waals surface area contributed by atoms with Gasteiger partial charge < -0.3 is 9.84 Å². The van der Waals surface area contributed by atoms with Crippen molar-refractivity contribution in [1.82, 2.24) is 0 Å². The van der Waals surface area contributed by atoms with Gasteiger partial charge in [-0.15, -0.1) is 0 Å². The van der Waals surface area contributed by atoms with Crippen molar-refractivity contribution in [2.24, 2.45) is 0 Å². The van der Waals surface area contributed by atoms with Crippen LogP contribution in [0.2, 0.25) is 0 Å². The molecule has 4 heteroatoms. The average Bonchev–Trinajstić information content (AvgIpc) is 2.26. The molecule has 0 saturated heterocycles. The predicted octanol–water partition coefficient (Wildman–Crippen LogP) is 2.62. The molecule has 1 aromatic rings. The van der Waals surface area contributed by atoms with E-state index in [0.717, 1.165) is 22.2 Å². The van der Waals surface area contributed by atoms with E-state index in [-0.39, 0.29) is 6.61 Å². The van der Waals surface area contributed by atoms with Gasteiger partial charge in [0.1, 0.15) is 5.75 Å². The Labute approximate surface area is 97.4 Å². The van der Waals surface area contributed by atoms with Crippen molar-refractivity contribution < 1.29 is 9.84 Å². The number of aliphatic hydroxyl groups excluding tert-OH is 1. The van der Waals surface area contributed by atoms with Crippen molar-refractivity contribution in [3.05, 3.63) is 28.2 Å². The van der Waals surface area contributed by atoms with E-state index in [9.17, 15) is 0 Å². The molecule has 0 aliphatic heterocycles. The summed E-state index contributed by atoms with van der Waals surface area (Å²) in [6.45, 7) is 0.510. The lowest BCUT2D eigenvalue weighted by atomic mass is 10.2. The maximum absolute atomic E-state index is 9.02. The summed E-state index contributed by atoms with van der Waals surface area (Å²) in [5.74, 6) is 0.722. The molecule has 3 nitrogen and oxygen atoms in total. The first-order valence-corrected chi connectivity index (χ1v) is 5.46. The van der Waals surface area contributed by atoms with Crippen molar-refractivity contribution >= 4 is 15.9 Å². The number of unbranched alkanes of at least 4 members (excludes halogenated alkanes) is 1. The Balaban J connectivity index is 2.52. The molecule has 0 amide bonds. The smallest absolute Gasteiger partial charge is 0.119 e. The van der Waals surface area contributed by atoms with Crippen molar-refractivity contribution in [3.63, 3.8) is 0 Å². The molecule has 0 unspecified atom stereocenters. The summed E-state index contributed by atoms with van der Waals surface area (Å²) in [5.41, 5.74) is 0.799. The quantitative estimate of drug-likeness (QED) is 0.837. The molecular weight excluding hydrogens is 258 g/mol. The number of aliphatic hydroxyl groups is 1. The molecule has 15 heavy (non-hydrogen) atoms. The molecule has 0 fully saturated rings. The van der Waals surface area contributed by atoms with Gasteiger partial charge in [0.2, 0.25) is 0 Å². The van der Waals surface area contributed by atoms with E-state index in [1.807, 2.05) is 12.1 Å². The maximum atomic E-state index is 9.02. The van der Waals surface area contributed by atoms with Crippen molar-refractivity contribution in [3.8, 4) is 11.8 Å². The molecular formula is C11H12BrNO2. The number of nitrogens with zero attached hydrogens (tertiary/aromatic N) is 1. The van der Waals surface area contributed by atoms with Gasteiger partial charge in [0.25, 0.3) is 0 Å². The molecule has 1 rings (SSSR count). The lowest BCUT2D eigenvalue weighted by molar-refractivity contribution is 0.278. The van der Waals surface area contributed by atoms with E-state index in [1.54, 1.807) is 6.07 Å². The fourth-order valence-corrected chi connectivity index (χ4v) is 1.48. The van der Waals surface area contributed by atoms with E-state index < -0.39 is 0 Å². The van der Waals surface area contributed by atoms with Crippen molar-refractivity contribution in [2.75, 3.05) is 6.61 Å². The average molecular weight is 270 g/mol. The Hall–Kier alpha value is -1.05. The van der Waals surface area contributed by atoms with Crippen LogP contribution in [-0.2, 0) is 6.61 Å². The first kappa shape index (κ1) is 12.0. The largest absolute Gasteiger partial charge is 0.494 e. The van der Waals surface area contributed by atoms with Gasteiger partial charge in [-0.3, -0.25) is 0 Å². The van der Waals surface area contributed by atoms with Crippen LogP contribution in [-0.4, -0.2) is 11.7 Å². The Morgan fingerprint density at radius 3 is 2.93 bits per heavy atom. The fourth-order valence-electron chi connectivity index (χ4n) is 1.10. The third-order valence-corrected chi connectivity index (χ3v) is 2.66. The molecule has 0 aliphatic carbocycles. The number of hydrogen-bond donors (Lipinski definition) is 1. The maximum Gasteiger partial charge on any atom is 0.119 e. The van der Waals surface area contributed by atoms with Crippen LogP contribution < -0.4 is 4.74 Å². The van der Waals surface area contributed by atoms with Crippen LogP contribution in [0.25, 0.3) is 0 Å². The van der Waals surface area contributed by atoms with Crippen LogP contribution in [0.3, 0.4) is 0 Å². The third kappa shape index (κ3) is 3.90. The molecule has 0 spiro atoms. The van der Waals surface area contributed by atoms with E-state index in [1.165, 1.54) is 0 Å². The van der Waals surface area contributed by atoms with E-state index in [0.29, 0.717) is 13.0 Å². The molecule has 0 saturated carbocycles. The fraction of sp³-hybridized carbons (Fsp3) is 0.364. The third-order valence-electron chi connectivity index (χ3n) is 1.89. The van der Waals surface area contributed by atoms with Crippen LogP contribution in [0.5, 0.6) is 5.75 Å². The zero-order chi connectivity index (χ0) is 11.1. The standard InChI is InChI=1S/C11H12BrNO2/c12-11-4-3-10(7-9(11)8-14)15-6-2-1-5-13/h3-4,7,14H,1-2,6,8H2. The lowest BCUT2D eigenvalue weighted by Crippen LogP contribution is -1.97. The Bertz CT molecular complexity index is 360. The number of ether oxygens (including phenoxy) is 1. The highest BCUT2D eigenvalue weighted by atomic mass is 79.9. The van der Waals surface area contributed by atoms with Gasteiger partial charge in [-0.1, -0.05) is 15.9 Å². The number of hydrogen-bond acceptors (Lipinski definition) is 3. The molecule has 0 atom stereocenters. The topological polar surface area (TPSA) is 53.2 Å². The number of benzene rings is 1. The lowest BCUT2D eigenvalue weighted by Gasteiger charge is -2.07. The minimum atomic E-state index is -0.0179. The second-order valence-electron chi connectivity index (χ2n) is 3.02. The van der Waals surface area contributed by atoms with E-state index >= 15 is 0 Å². The minimum Gasteiger partial charge on any atom is -0.494 e. The second kappa shape index (κ2) is 6.44. The predicted molar refractivity (Wildman–Crippen MR) is 60.4 cm³/mol. The Morgan fingerprint density at radius 1 is 1.47 bits per heavy atom. The number of nitriles is 1. The summed E-state index contributed by atoms with van der Waals surface area (Å²) in [4.78, 5) is 0. The monoisotopic (exact) mass is 269 g/mol. The van der Waals surface area contributed by atoms with Gasteiger partial charge in [0.15, 0.2) is 0 Å². The van der Waals surface area contributed by atoms with Crippen LogP contribution in [0.15, 0.2) is 22.7 Å². The van der Waals surface area contributed by atoms with Gasteiger partial charge in [-0.05, 0) is 30.2 Å². The highest BCUT2D eigenvalue weighted by Gasteiger charge is 2.01. The normalized spacial score (nSPS) is 9.67. The summed E-state index contributed by atoms with van der Waals surface area (Å²) < 4.78 is 6.29. The Kier molecular flexibility index (Phi) is 5.16. The molecule has 1 aromatic carbocycles. The molecule has 0 heterocycles. The number of rotatable bonds is 5. The Morgan fingerprint density at radius 2 is 2.27 bits per heavy atom. The highest BCUT2D eigenvalue weighted by molar-refractivity contribution is 9.10. The molecule has 0 aliphatic rings. The van der Waals surface area contributed by atoms with E-state index in [2.05, 4.69) is 22.0 Å². The first-order valence-electron chi connectivity index (χ1n) is 4.67. The first-order chi connectivity index (χ1) is 7.27. The number of halogens is 1. The molecule has 0 bridgehead atoms. The zero-order valence-electron chi connectivity index (χ0n) is 8.24. The molecule has 1 N–H and O–H groups in total. The SMILES string of the molecule is N#CCCCOc1ccc(Br)c(CO)c1. The summed E-state index contributed by atoms with van der Waals surface area (Å²) in [6, 6.07) is 7.51. The second-order valence-corrected chi connectivity index (χ2v) is 3.88. The van der Waals surface area contributed by atoms with Crippen LogP contribution >= 0.6 is 15.9 Å².